The molecule has 0 saturated carbocycles. The molecule has 0 radical (unpaired) electrons. The van der Waals surface area contributed by atoms with Gasteiger partial charge in [0.15, 0.2) is 0 Å². The molecule has 122 valence electrons. The Morgan fingerprint density at radius 2 is 2.04 bits per heavy atom. The van der Waals surface area contributed by atoms with Gasteiger partial charge in [-0.25, -0.2) is 4.98 Å². The zero-order chi connectivity index (χ0) is 16.9. The molecule has 9 heteroatoms. The second-order valence-electron chi connectivity index (χ2n) is 4.72. The van der Waals surface area contributed by atoms with E-state index < -0.39 is 5.25 Å². The lowest BCUT2D eigenvalue weighted by atomic mass is 10.3. The van der Waals surface area contributed by atoms with Crippen molar-refractivity contribution >= 4 is 35.1 Å². The molecular weight excluding hydrogens is 350 g/mol. The molecule has 7 nitrogen and oxygen atoms in total. The second-order valence-corrected chi connectivity index (χ2v) is 6.45. The van der Waals surface area contributed by atoms with Crippen molar-refractivity contribution in [1.82, 2.24) is 20.2 Å². The van der Waals surface area contributed by atoms with E-state index in [0.29, 0.717) is 22.0 Å². The number of thioether (sulfide) groups is 1. The Labute approximate surface area is 146 Å². The molecule has 1 N–H and O–H groups in total. The lowest BCUT2D eigenvalue weighted by molar-refractivity contribution is -0.115. The Morgan fingerprint density at radius 1 is 1.25 bits per heavy atom. The van der Waals surface area contributed by atoms with E-state index in [1.165, 1.54) is 18.0 Å². The third-order valence-electron chi connectivity index (χ3n) is 2.96. The number of carbonyl (C=O) groups excluding carboxylic acids is 1. The number of halogens is 1. The van der Waals surface area contributed by atoms with E-state index >= 15 is 0 Å². The van der Waals surface area contributed by atoms with Crippen molar-refractivity contribution in [2.45, 2.75) is 17.4 Å². The Morgan fingerprint density at radius 3 is 2.75 bits per heavy atom. The molecule has 3 aromatic rings. The van der Waals surface area contributed by atoms with Crippen LogP contribution in [0.2, 0.25) is 5.02 Å². The summed E-state index contributed by atoms with van der Waals surface area (Å²) in [7, 11) is 0. The molecule has 0 saturated heterocycles. The first-order valence-corrected chi connectivity index (χ1v) is 8.20. The van der Waals surface area contributed by atoms with E-state index in [1.54, 1.807) is 43.6 Å². The summed E-state index contributed by atoms with van der Waals surface area (Å²) in [5.41, 5.74) is 0.770. The van der Waals surface area contributed by atoms with Gasteiger partial charge in [-0.05, 0) is 31.2 Å². The van der Waals surface area contributed by atoms with Gasteiger partial charge in [-0.2, -0.15) is 0 Å². The number of nitrogens with zero attached hydrogens (tertiary/aromatic N) is 4. The molecule has 1 amide bonds. The highest BCUT2D eigenvalue weighted by Crippen LogP contribution is 2.26. The van der Waals surface area contributed by atoms with Gasteiger partial charge in [0.25, 0.3) is 5.22 Å². The maximum Gasteiger partial charge on any atom is 0.277 e. The summed E-state index contributed by atoms with van der Waals surface area (Å²) in [5.74, 6) is 0.588. The van der Waals surface area contributed by atoms with Crippen LogP contribution < -0.4 is 5.32 Å². The van der Waals surface area contributed by atoms with E-state index in [9.17, 15) is 4.79 Å². The number of nitrogens with one attached hydrogen (secondary N) is 1. The summed E-state index contributed by atoms with van der Waals surface area (Å²) < 4.78 is 5.56. The number of rotatable bonds is 5. The van der Waals surface area contributed by atoms with Gasteiger partial charge in [-0.3, -0.25) is 9.78 Å². The molecule has 24 heavy (non-hydrogen) atoms. The van der Waals surface area contributed by atoms with E-state index in [-0.39, 0.29) is 5.91 Å². The molecule has 0 aliphatic rings. The largest absolute Gasteiger partial charge is 0.411 e. The molecule has 0 aromatic carbocycles. The predicted molar refractivity (Wildman–Crippen MR) is 90.7 cm³/mol. The molecule has 3 rings (SSSR count). The number of pyridine rings is 2. The number of hydrogen-bond donors (Lipinski definition) is 1. The normalized spacial score (nSPS) is 11.9. The van der Waals surface area contributed by atoms with Crippen LogP contribution in [0.1, 0.15) is 6.92 Å². The highest BCUT2D eigenvalue weighted by molar-refractivity contribution is 8.00. The van der Waals surface area contributed by atoms with Crippen LogP contribution in [-0.4, -0.2) is 31.3 Å². The van der Waals surface area contributed by atoms with E-state index in [2.05, 4.69) is 25.5 Å². The van der Waals surface area contributed by atoms with Gasteiger partial charge < -0.3 is 9.73 Å². The highest BCUT2D eigenvalue weighted by Gasteiger charge is 2.19. The van der Waals surface area contributed by atoms with Crippen LogP contribution in [0, 0.1) is 0 Å². The van der Waals surface area contributed by atoms with Gasteiger partial charge >= 0.3 is 0 Å². The highest BCUT2D eigenvalue weighted by atomic mass is 35.5. The topological polar surface area (TPSA) is 93.8 Å². The maximum atomic E-state index is 12.2. The Kier molecular flexibility index (Phi) is 5.07. The van der Waals surface area contributed by atoms with Gasteiger partial charge in [0.05, 0.1) is 10.3 Å². The van der Waals surface area contributed by atoms with Crippen molar-refractivity contribution in [3.8, 4) is 11.5 Å². The average Bonchev–Trinajstić information content (AvgIpc) is 3.06. The number of amides is 1. The quantitative estimate of drug-likeness (QED) is 0.696. The number of aromatic nitrogens is 4. The number of carbonyl (C=O) groups is 1. The minimum Gasteiger partial charge on any atom is -0.411 e. The van der Waals surface area contributed by atoms with Crippen LogP contribution in [0.15, 0.2) is 52.5 Å². The fourth-order valence-corrected chi connectivity index (χ4v) is 2.55. The van der Waals surface area contributed by atoms with E-state index in [1.807, 2.05) is 0 Å². The molecule has 0 aliphatic heterocycles. The van der Waals surface area contributed by atoms with Gasteiger partial charge in [0.1, 0.15) is 5.82 Å². The first-order valence-electron chi connectivity index (χ1n) is 6.95. The molecule has 0 aliphatic carbocycles. The minimum absolute atomic E-state index is 0.224. The van der Waals surface area contributed by atoms with Crippen molar-refractivity contribution in [1.29, 1.82) is 0 Å². The van der Waals surface area contributed by atoms with Gasteiger partial charge in [0, 0.05) is 24.2 Å². The fraction of sp³-hybridized carbons (Fsp3) is 0.133. The fourth-order valence-electron chi connectivity index (χ4n) is 1.75. The number of hydrogen-bond acceptors (Lipinski definition) is 7. The average molecular weight is 362 g/mol. The predicted octanol–water partition coefficient (Wildman–Crippen LogP) is 3.30. The van der Waals surface area contributed by atoms with Gasteiger partial charge in [-0.15, -0.1) is 10.2 Å². The zero-order valence-electron chi connectivity index (χ0n) is 12.5. The summed E-state index contributed by atoms with van der Waals surface area (Å²) >= 11 is 6.93. The lowest BCUT2D eigenvalue weighted by Crippen LogP contribution is -2.22. The van der Waals surface area contributed by atoms with Gasteiger partial charge in [-0.1, -0.05) is 23.4 Å². The number of anilines is 1. The Bertz CT molecular complexity index is 825. The molecule has 3 heterocycles. The lowest BCUT2D eigenvalue weighted by Gasteiger charge is -2.09. The first-order chi connectivity index (χ1) is 11.6. The monoisotopic (exact) mass is 361 g/mol. The Balaban J connectivity index is 1.62. The van der Waals surface area contributed by atoms with Crippen LogP contribution in [-0.2, 0) is 4.79 Å². The van der Waals surface area contributed by atoms with Crippen molar-refractivity contribution in [3.05, 3.63) is 47.9 Å². The second kappa shape index (κ2) is 7.41. The van der Waals surface area contributed by atoms with Crippen molar-refractivity contribution < 1.29 is 9.21 Å². The summed E-state index contributed by atoms with van der Waals surface area (Å²) in [5, 5.41) is 11.0. The Hall–Kier alpha value is -2.45. The van der Waals surface area contributed by atoms with Crippen molar-refractivity contribution in [2.24, 2.45) is 0 Å². The molecule has 1 unspecified atom stereocenters. The third-order valence-corrected chi connectivity index (χ3v) is 4.12. The summed E-state index contributed by atoms with van der Waals surface area (Å²) in [6, 6.07) is 6.82. The molecule has 1 atom stereocenters. The van der Waals surface area contributed by atoms with Gasteiger partial charge in [0.2, 0.25) is 11.8 Å². The molecule has 3 aromatic heterocycles. The van der Waals surface area contributed by atoms with Crippen LogP contribution in [0.25, 0.3) is 11.5 Å². The molecule has 0 spiro atoms. The summed E-state index contributed by atoms with van der Waals surface area (Å²) in [6.07, 6.45) is 4.75. The standard InChI is InChI=1S/C15H12ClN5O2S/c1-9(13(22)19-12-3-2-11(16)8-18-12)24-15-21-20-14(23-15)10-4-6-17-7-5-10/h2-9H,1H3,(H,18,19,22). The van der Waals surface area contributed by atoms with E-state index in [0.717, 1.165) is 5.56 Å². The molecule has 0 bridgehead atoms. The smallest absolute Gasteiger partial charge is 0.277 e. The first kappa shape index (κ1) is 16.4. The van der Waals surface area contributed by atoms with Crippen LogP contribution >= 0.6 is 23.4 Å². The van der Waals surface area contributed by atoms with Crippen molar-refractivity contribution in [2.75, 3.05) is 5.32 Å². The molecule has 0 fully saturated rings. The third kappa shape index (κ3) is 4.09. The van der Waals surface area contributed by atoms with E-state index in [4.69, 9.17) is 16.0 Å². The molecular formula is C15H12ClN5O2S. The summed E-state index contributed by atoms with van der Waals surface area (Å²) in [6.45, 7) is 1.74. The maximum absolute atomic E-state index is 12.2. The SMILES string of the molecule is CC(Sc1nnc(-c2ccncc2)o1)C(=O)Nc1ccc(Cl)cn1. The minimum atomic E-state index is -0.437. The van der Waals surface area contributed by atoms with Crippen LogP contribution in [0.3, 0.4) is 0 Å². The zero-order valence-corrected chi connectivity index (χ0v) is 14.1. The van der Waals surface area contributed by atoms with Crippen LogP contribution in [0.5, 0.6) is 0 Å². The summed E-state index contributed by atoms with van der Waals surface area (Å²) in [4.78, 5) is 20.1. The van der Waals surface area contributed by atoms with Crippen molar-refractivity contribution in [3.63, 3.8) is 0 Å². The van der Waals surface area contributed by atoms with Crippen LogP contribution in [0.4, 0.5) is 5.82 Å².